The second-order valence-electron chi connectivity index (χ2n) is 5.90. The highest BCUT2D eigenvalue weighted by Crippen LogP contribution is 2.33. The van der Waals surface area contributed by atoms with Crippen molar-refractivity contribution in [3.05, 3.63) is 42.5 Å². The summed E-state index contributed by atoms with van der Waals surface area (Å²) in [7, 11) is 4.41. The van der Waals surface area contributed by atoms with Crippen molar-refractivity contribution in [3.8, 4) is 0 Å². The lowest BCUT2D eigenvalue weighted by Crippen LogP contribution is -2.49. The minimum Gasteiger partial charge on any atom is -0.311 e. The Bertz CT molecular complexity index is 403. The highest BCUT2D eigenvalue weighted by molar-refractivity contribution is 5.64. The monoisotopic (exact) mass is 258 g/mol. The van der Waals surface area contributed by atoms with Gasteiger partial charge in [0.2, 0.25) is 0 Å². The summed E-state index contributed by atoms with van der Waals surface area (Å²) in [5.74, 6) is 0. The van der Waals surface area contributed by atoms with Gasteiger partial charge in [0.05, 0.1) is 0 Å². The maximum atomic E-state index is 4.18. The molecule has 0 aromatic heterocycles. The van der Waals surface area contributed by atoms with Crippen LogP contribution in [-0.4, -0.2) is 37.6 Å². The Kier molecular flexibility index (Phi) is 4.78. The number of hydrogen-bond acceptors (Lipinski definition) is 2. The molecule has 0 saturated heterocycles. The van der Waals surface area contributed by atoms with Crippen LogP contribution in [0.2, 0.25) is 0 Å². The average Bonchev–Trinajstić information content (AvgIpc) is 2.90. The third-order valence-electron chi connectivity index (χ3n) is 4.46. The Labute approximate surface area is 117 Å². The van der Waals surface area contributed by atoms with Crippen molar-refractivity contribution in [1.29, 1.82) is 0 Å². The zero-order chi connectivity index (χ0) is 13.7. The van der Waals surface area contributed by atoms with Gasteiger partial charge in [0.25, 0.3) is 0 Å². The van der Waals surface area contributed by atoms with Gasteiger partial charge in [0.1, 0.15) is 0 Å². The standard InChI is InChI=1S/C17H26N2/c1-15(16-9-5-4-6-10-16)13-18-14-17(19(2)3)11-7-8-12-17/h4-6,9-10,18H,1,7-8,11-14H2,2-3H3. The Hall–Kier alpha value is -1.12. The molecule has 0 aliphatic heterocycles. The summed E-state index contributed by atoms with van der Waals surface area (Å²) in [5.41, 5.74) is 2.77. The predicted molar refractivity (Wildman–Crippen MR) is 83.2 cm³/mol. The van der Waals surface area contributed by atoms with Crippen LogP contribution in [0.25, 0.3) is 5.57 Å². The van der Waals surface area contributed by atoms with Gasteiger partial charge < -0.3 is 10.2 Å². The number of benzene rings is 1. The van der Waals surface area contributed by atoms with Crippen molar-refractivity contribution < 1.29 is 0 Å². The van der Waals surface area contributed by atoms with Gasteiger partial charge in [-0.05, 0) is 38.1 Å². The van der Waals surface area contributed by atoms with Crippen LogP contribution in [0.1, 0.15) is 31.2 Å². The highest BCUT2D eigenvalue weighted by Gasteiger charge is 2.35. The van der Waals surface area contributed by atoms with Gasteiger partial charge in [-0.25, -0.2) is 0 Å². The maximum Gasteiger partial charge on any atom is 0.0328 e. The second-order valence-corrected chi connectivity index (χ2v) is 5.90. The van der Waals surface area contributed by atoms with E-state index in [4.69, 9.17) is 0 Å². The predicted octanol–water partition coefficient (Wildman–Crippen LogP) is 3.16. The lowest BCUT2D eigenvalue weighted by molar-refractivity contribution is 0.156. The van der Waals surface area contributed by atoms with Crippen molar-refractivity contribution >= 4 is 5.57 Å². The minimum absolute atomic E-state index is 0.358. The molecule has 1 saturated carbocycles. The van der Waals surface area contributed by atoms with E-state index in [0.29, 0.717) is 5.54 Å². The van der Waals surface area contributed by atoms with Crippen LogP contribution in [0.5, 0.6) is 0 Å². The first kappa shape index (κ1) is 14.3. The second kappa shape index (κ2) is 6.36. The number of likely N-dealkylation sites (N-methyl/N-ethyl adjacent to an activating group) is 1. The fourth-order valence-electron chi connectivity index (χ4n) is 3.04. The number of hydrogen-bond donors (Lipinski definition) is 1. The molecule has 0 atom stereocenters. The molecule has 1 aromatic carbocycles. The molecule has 0 radical (unpaired) electrons. The lowest BCUT2D eigenvalue weighted by Gasteiger charge is -2.36. The van der Waals surface area contributed by atoms with E-state index < -0.39 is 0 Å². The molecule has 0 unspecified atom stereocenters. The maximum absolute atomic E-state index is 4.18. The number of nitrogens with one attached hydrogen (secondary N) is 1. The van der Waals surface area contributed by atoms with Gasteiger partial charge >= 0.3 is 0 Å². The molecule has 1 aromatic rings. The first-order valence-electron chi connectivity index (χ1n) is 7.25. The molecule has 0 spiro atoms. The molecule has 1 aliphatic carbocycles. The molecular formula is C17H26N2. The van der Waals surface area contributed by atoms with Crippen molar-refractivity contribution in [2.75, 3.05) is 27.2 Å². The fraction of sp³-hybridized carbons (Fsp3) is 0.529. The van der Waals surface area contributed by atoms with Crippen LogP contribution in [0.3, 0.4) is 0 Å². The van der Waals surface area contributed by atoms with Gasteiger partial charge in [-0.1, -0.05) is 49.8 Å². The van der Waals surface area contributed by atoms with Crippen molar-refractivity contribution in [1.82, 2.24) is 10.2 Å². The first-order valence-corrected chi connectivity index (χ1v) is 7.25. The van der Waals surface area contributed by atoms with Gasteiger partial charge in [0.15, 0.2) is 0 Å². The van der Waals surface area contributed by atoms with Crippen molar-refractivity contribution in [2.24, 2.45) is 0 Å². The van der Waals surface area contributed by atoms with Crippen LogP contribution in [0.4, 0.5) is 0 Å². The summed E-state index contributed by atoms with van der Waals surface area (Å²) in [5, 5.41) is 3.61. The summed E-state index contributed by atoms with van der Waals surface area (Å²) >= 11 is 0. The van der Waals surface area contributed by atoms with Crippen molar-refractivity contribution in [2.45, 2.75) is 31.2 Å². The van der Waals surface area contributed by atoms with E-state index in [0.717, 1.165) is 13.1 Å². The fourth-order valence-corrected chi connectivity index (χ4v) is 3.04. The molecule has 1 aliphatic rings. The normalized spacial score (nSPS) is 17.8. The van der Waals surface area contributed by atoms with Gasteiger partial charge in [0, 0.05) is 18.6 Å². The Morgan fingerprint density at radius 2 is 1.84 bits per heavy atom. The lowest BCUT2D eigenvalue weighted by atomic mass is 9.96. The first-order chi connectivity index (χ1) is 9.14. The summed E-state index contributed by atoms with van der Waals surface area (Å²) in [4.78, 5) is 2.40. The van der Waals surface area contributed by atoms with Crippen LogP contribution in [0.15, 0.2) is 36.9 Å². The largest absolute Gasteiger partial charge is 0.311 e. The number of nitrogens with zero attached hydrogens (tertiary/aromatic N) is 1. The minimum atomic E-state index is 0.358. The van der Waals surface area contributed by atoms with Crippen LogP contribution < -0.4 is 5.32 Å². The Balaban J connectivity index is 1.84. The molecule has 1 N–H and O–H groups in total. The van der Waals surface area contributed by atoms with Gasteiger partial charge in [-0.2, -0.15) is 0 Å². The summed E-state index contributed by atoms with van der Waals surface area (Å²) in [6, 6.07) is 10.4. The van der Waals surface area contributed by atoms with Gasteiger partial charge in [-0.15, -0.1) is 0 Å². The smallest absolute Gasteiger partial charge is 0.0328 e. The Morgan fingerprint density at radius 3 is 2.42 bits per heavy atom. The summed E-state index contributed by atoms with van der Waals surface area (Å²) in [6.07, 6.45) is 5.34. The molecule has 0 bridgehead atoms. The van der Waals surface area contributed by atoms with E-state index in [1.165, 1.54) is 36.8 Å². The SMILES string of the molecule is C=C(CNCC1(N(C)C)CCCC1)c1ccccc1. The molecule has 2 rings (SSSR count). The molecule has 2 nitrogen and oxygen atoms in total. The summed E-state index contributed by atoms with van der Waals surface area (Å²) < 4.78 is 0. The third-order valence-corrected chi connectivity index (χ3v) is 4.46. The van der Waals surface area contributed by atoms with E-state index in [-0.39, 0.29) is 0 Å². The summed E-state index contributed by atoms with van der Waals surface area (Å²) in [6.45, 7) is 6.12. The molecule has 19 heavy (non-hydrogen) atoms. The third kappa shape index (κ3) is 3.46. The van der Waals surface area contributed by atoms with E-state index in [2.05, 4.69) is 55.2 Å². The molecule has 1 fully saturated rings. The molecule has 2 heteroatoms. The molecular weight excluding hydrogens is 232 g/mol. The van der Waals surface area contributed by atoms with Crippen LogP contribution in [0, 0.1) is 0 Å². The van der Waals surface area contributed by atoms with Crippen LogP contribution in [-0.2, 0) is 0 Å². The van der Waals surface area contributed by atoms with E-state index in [1.807, 2.05) is 6.07 Å². The average molecular weight is 258 g/mol. The van der Waals surface area contributed by atoms with E-state index in [1.54, 1.807) is 0 Å². The van der Waals surface area contributed by atoms with E-state index in [9.17, 15) is 0 Å². The topological polar surface area (TPSA) is 15.3 Å². The van der Waals surface area contributed by atoms with Crippen molar-refractivity contribution in [3.63, 3.8) is 0 Å². The van der Waals surface area contributed by atoms with E-state index >= 15 is 0 Å². The van der Waals surface area contributed by atoms with Crippen LogP contribution >= 0.6 is 0 Å². The number of rotatable bonds is 6. The molecule has 104 valence electrons. The molecule has 0 amide bonds. The zero-order valence-corrected chi connectivity index (χ0v) is 12.3. The Morgan fingerprint density at radius 1 is 1.21 bits per heavy atom. The highest BCUT2D eigenvalue weighted by atomic mass is 15.2. The zero-order valence-electron chi connectivity index (χ0n) is 12.3. The molecule has 0 heterocycles. The quantitative estimate of drug-likeness (QED) is 0.843. The van der Waals surface area contributed by atoms with Gasteiger partial charge in [-0.3, -0.25) is 0 Å².